The fraction of sp³-hybridized carbons (Fsp3) is 0.929. The topological polar surface area (TPSA) is 69.7 Å². The minimum Gasteiger partial charge on any atom is -0.354 e. The number of hydrogen-bond donors (Lipinski definition) is 1. The summed E-state index contributed by atoms with van der Waals surface area (Å²) in [5, 5.41) is 2.93. The Hall–Kier alpha value is -0.310. The molecule has 1 aliphatic carbocycles. The number of carbonyl (C=O) groups excluding carboxylic acids is 1. The Morgan fingerprint density at radius 3 is 2.68 bits per heavy atom. The smallest absolute Gasteiger partial charge is 0.283 e. The summed E-state index contributed by atoms with van der Waals surface area (Å²) in [6, 6.07) is -0.526. The summed E-state index contributed by atoms with van der Waals surface area (Å²) >= 11 is 1.52. The Morgan fingerprint density at radius 2 is 2.00 bits per heavy atom. The highest BCUT2D eigenvalue weighted by Gasteiger charge is 2.44. The monoisotopic (exact) mass is 347 g/mol. The molecule has 1 saturated carbocycles. The normalized spacial score (nSPS) is 31.3. The van der Waals surface area contributed by atoms with Gasteiger partial charge in [0.2, 0.25) is 5.91 Å². The maximum Gasteiger partial charge on any atom is 0.283 e. The number of nitrogens with zero attached hydrogens (tertiary/aromatic N) is 2. The molecular weight excluding hydrogens is 322 g/mol. The first-order valence-electron chi connectivity index (χ1n) is 8.14. The van der Waals surface area contributed by atoms with E-state index in [4.69, 9.17) is 0 Å². The molecule has 0 radical (unpaired) electrons. The van der Waals surface area contributed by atoms with Crippen LogP contribution in [0.25, 0.3) is 0 Å². The molecule has 2 atom stereocenters. The van der Waals surface area contributed by atoms with E-state index in [1.807, 2.05) is 6.92 Å². The van der Waals surface area contributed by atoms with Crippen molar-refractivity contribution in [1.82, 2.24) is 13.9 Å². The van der Waals surface area contributed by atoms with Crippen molar-refractivity contribution >= 4 is 27.9 Å². The van der Waals surface area contributed by atoms with Crippen molar-refractivity contribution in [3.8, 4) is 0 Å². The average Bonchev–Trinajstić information content (AvgIpc) is 3.18. The quantitative estimate of drug-likeness (QED) is 0.806. The maximum absolute atomic E-state index is 12.9. The molecule has 1 amide bonds. The number of thioether (sulfide) groups is 1. The van der Waals surface area contributed by atoms with Gasteiger partial charge in [-0.05, 0) is 38.5 Å². The summed E-state index contributed by atoms with van der Waals surface area (Å²) in [5.74, 6) is 1.40. The van der Waals surface area contributed by atoms with Gasteiger partial charge in [0.1, 0.15) is 6.04 Å². The summed E-state index contributed by atoms with van der Waals surface area (Å²) in [5.41, 5.74) is 0. The molecule has 1 N–H and O–H groups in total. The molecule has 0 aromatic rings. The van der Waals surface area contributed by atoms with E-state index in [2.05, 4.69) is 5.32 Å². The van der Waals surface area contributed by atoms with Crippen LogP contribution in [0, 0.1) is 5.92 Å². The van der Waals surface area contributed by atoms with Gasteiger partial charge in [0.15, 0.2) is 0 Å². The van der Waals surface area contributed by atoms with Crippen LogP contribution in [0.2, 0.25) is 0 Å². The number of hydrogen-bond acceptors (Lipinski definition) is 4. The predicted molar refractivity (Wildman–Crippen MR) is 87.6 cm³/mol. The third-order valence-electron chi connectivity index (χ3n) is 4.74. The van der Waals surface area contributed by atoms with Gasteiger partial charge in [-0.25, -0.2) is 0 Å². The number of carbonyl (C=O) groups is 1. The van der Waals surface area contributed by atoms with E-state index in [0.29, 0.717) is 30.6 Å². The second kappa shape index (κ2) is 6.67. The molecule has 0 spiro atoms. The van der Waals surface area contributed by atoms with E-state index < -0.39 is 16.3 Å². The Bertz CT molecular complexity index is 521. The third-order valence-corrected chi connectivity index (χ3v) is 8.03. The molecule has 22 heavy (non-hydrogen) atoms. The highest BCUT2D eigenvalue weighted by atomic mass is 32.2. The lowest BCUT2D eigenvalue weighted by Crippen LogP contribution is -2.54. The van der Waals surface area contributed by atoms with Gasteiger partial charge in [-0.15, -0.1) is 11.8 Å². The van der Waals surface area contributed by atoms with Crippen LogP contribution in [-0.4, -0.2) is 59.7 Å². The highest BCUT2D eigenvalue weighted by Crippen LogP contribution is 2.31. The lowest BCUT2D eigenvalue weighted by atomic mass is 10.1. The largest absolute Gasteiger partial charge is 0.354 e. The maximum atomic E-state index is 12.9. The number of piperidine rings is 1. The Labute approximate surface area is 137 Å². The van der Waals surface area contributed by atoms with Gasteiger partial charge >= 0.3 is 0 Å². The first kappa shape index (κ1) is 16.5. The van der Waals surface area contributed by atoms with Crippen LogP contribution in [-0.2, 0) is 15.0 Å². The number of rotatable bonds is 5. The van der Waals surface area contributed by atoms with E-state index in [-0.39, 0.29) is 11.9 Å². The molecule has 3 fully saturated rings. The van der Waals surface area contributed by atoms with Crippen molar-refractivity contribution in [2.45, 2.75) is 51.1 Å². The molecule has 2 heterocycles. The van der Waals surface area contributed by atoms with Crippen LogP contribution >= 0.6 is 11.8 Å². The molecule has 126 valence electrons. The van der Waals surface area contributed by atoms with Crippen LogP contribution < -0.4 is 5.32 Å². The second-order valence-corrected chi connectivity index (χ2v) is 9.39. The van der Waals surface area contributed by atoms with Crippen LogP contribution in [0.5, 0.6) is 0 Å². The van der Waals surface area contributed by atoms with Crippen molar-refractivity contribution < 1.29 is 13.2 Å². The van der Waals surface area contributed by atoms with Gasteiger partial charge in [-0.1, -0.05) is 6.42 Å². The van der Waals surface area contributed by atoms with Crippen LogP contribution in [0.15, 0.2) is 0 Å². The van der Waals surface area contributed by atoms with E-state index >= 15 is 0 Å². The summed E-state index contributed by atoms with van der Waals surface area (Å²) in [4.78, 5) is 12.3. The fourth-order valence-electron chi connectivity index (χ4n) is 3.10. The lowest BCUT2D eigenvalue weighted by molar-refractivity contribution is -0.123. The highest BCUT2D eigenvalue weighted by molar-refractivity contribution is 8.00. The predicted octanol–water partition coefficient (Wildman–Crippen LogP) is 1.01. The first-order chi connectivity index (χ1) is 10.5. The molecule has 2 aliphatic heterocycles. The first-order valence-corrected chi connectivity index (χ1v) is 10.7. The minimum absolute atomic E-state index is 0.0273. The van der Waals surface area contributed by atoms with E-state index in [9.17, 15) is 13.2 Å². The second-order valence-electron chi connectivity index (χ2n) is 6.55. The van der Waals surface area contributed by atoms with Crippen molar-refractivity contribution in [1.29, 1.82) is 0 Å². The molecule has 0 bridgehead atoms. The van der Waals surface area contributed by atoms with E-state index in [1.54, 1.807) is 4.31 Å². The van der Waals surface area contributed by atoms with Gasteiger partial charge in [-0.3, -0.25) is 4.79 Å². The zero-order valence-electron chi connectivity index (χ0n) is 13.0. The molecule has 2 saturated heterocycles. The number of nitrogens with one attached hydrogen (secondary N) is 1. The van der Waals surface area contributed by atoms with E-state index in [1.165, 1.54) is 28.9 Å². The fourth-order valence-corrected chi connectivity index (χ4v) is 6.65. The van der Waals surface area contributed by atoms with Crippen molar-refractivity contribution in [2.75, 3.05) is 24.7 Å². The van der Waals surface area contributed by atoms with E-state index in [0.717, 1.165) is 19.3 Å². The molecule has 0 aromatic carbocycles. The lowest BCUT2D eigenvalue weighted by Gasteiger charge is -2.36. The van der Waals surface area contributed by atoms with Gasteiger partial charge in [0.05, 0.1) is 5.88 Å². The number of amides is 1. The Morgan fingerprint density at radius 1 is 1.23 bits per heavy atom. The van der Waals surface area contributed by atoms with Crippen molar-refractivity contribution in [3.05, 3.63) is 0 Å². The molecule has 3 aliphatic rings. The molecular formula is C14H25N3O3S2. The van der Waals surface area contributed by atoms with Crippen LogP contribution in [0.1, 0.15) is 39.0 Å². The third kappa shape index (κ3) is 3.44. The molecule has 6 nitrogen and oxygen atoms in total. The average molecular weight is 348 g/mol. The van der Waals surface area contributed by atoms with Crippen molar-refractivity contribution in [2.24, 2.45) is 5.92 Å². The van der Waals surface area contributed by atoms with Gasteiger partial charge in [0.25, 0.3) is 10.2 Å². The summed E-state index contributed by atoms with van der Waals surface area (Å²) in [7, 11) is -3.54. The summed E-state index contributed by atoms with van der Waals surface area (Å²) in [6.45, 7) is 3.22. The SMILES string of the molecule is CC1CCCCN1S(=O)(=O)N1CSCC1C(=O)NCC1CC1. The minimum atomic E-state index is -3.54. The van der Waals surface area contributed by atoms with Crippen LogP contribution in [0.3, 0.4) is 0 Å². The van der Waals surface area contributed by atoms with Crippen molar-refractivity contribution in [3.63, 3.8) is 0 Å². The van der Waals surface area contributed by atoms with Crippen LogP contribution in [0.4, 0.5) is 0 Å². The van der Waals surface area contributed by atoms with Gasteiger partial charge in [-0.2, -0.15) is 17.0 Å². The molecule has 8 heteroatoms. The van der Waals surface area contributed by atoms with Gasteiger partial charge in [0, 0.05) is 24.9 Å². The standard InChI is InChI=1S/C14H25N3O3S2/c1-11-4-2-3-7-16(11)22(19,20)17-10-21-9-13(17)14(18)15-8-12-5-6-12/h11-13H,2-10H2,1H3,(H,15,18). The zero-order chi connectivity index (χ0) is 15.7. The summed E-state index contributed by atoms with van der Waals surface area (Å²) in [6.07, 6.45) is 5.23. The summed E-state index contributed by atoms with van der Waals surface area (Å²) < 4.78 is 28.8. The molecule has 3 rings (SSSR count). The molecule has 0 aromatic heterocycles. The zero-order valence-corrected chi connectivity index (χ0v) is 14.7. The Kier molecular flexibility index (Phi) is 5.01. The van der Waals surface area contributed by atoms with Gasteiger partial charge < -0.3 is 5.32 Å². The Balaban J connectivity index is 1.68. The molecule has 2 unspecified atom stereocenters.